The van der Waals surface area contributed by atoms with Gasteiger partial charge in [0.25, 0.3) is 5.69 Å². The van der Waals surface area contributed by atoms with Crippen molar-refractivity contribution in [3.63, 3.8) is 0 Å². The van der Waals surface area contributed by atoms with Crippen molar-refractivity contribution in [2.45, 2.75) is 22.4 Å². The van der Waals surface area contributed by atoms with Gasteiger partial charge in [-0.1, -0.05) is 11.8 Å². The zero-order chi connectivity index (χ0) is 20.3. The molecule has 10 heteroatoms. The molecule has 0 aliphatic rings. The van der Waals surface area contributed by atoms with Crippen LogP contribution in [0.1, 0.15) is 12.5 Å². The minimum absolute atomic E-state index is 0.194. The molecule has 3 rings (SSSR count). The molecule has 0 saturated carbocycles. The largest absolute Gasteiger partial charge is 0.497 e. The molecule has 3 aromatic rings. The Kier molecular flexibility index (Phi) is 6.00. The number of methoxy groups -OCH3 is 1. The molecule has 0 aliphatic heterocycles. The van der Waals surface area contributed by atoms with E-state index in [2.05, 4.69) is 0 Å². The Labute approximate surface area is 167 Å². The first-order valence-corrected chi connectivity index (χ1v) is 9.82. The van der Waals surface area contributed by atoms with E-state index in [-0.39, 0.29) is 29.2 Å². The number of thiophene rings is 1. The van der Waals surface area contributed by atoms with Gasteiger partial charge < -0.3 is 13.9 Å². The third-order valence-corrected chi connectivity index (χ3v) is 5.97. The molecule has 146 valence electrons. The predicted octanol–water partition coefficient (Wildman–Crippen LogP) is 4.03. The fourth-order valence-electron chi connectivity index (χ4n) is 2.51. The Balaban J connectivity index is 1.98. The first kappa shape index (κ1) is 19.9. The number of carbonyl (C=O) groups is 1. The number of esters is 1. The summed E-state index contributed by atoms with van der Waals surface area (Å²) < 4.78 is 15.6. The zero-order valence-electron chi connectivity index (χ0n) is 14.9. The minimum Gasteiger partial charge on any atom is -0.497 e. The number of hydrogen-bond donors (Lipinski definition) is 0. The van der Waals surface area contributed by atoms with Crippen LogP contribution in [-0.2, 0) is 16.0 Å². The van der Waals surface area contributed by atoms with E-state index in [1.54, 1.807) is 31.2 Å². The van der Waals surface area contributed by atoms with Crippen LogP contribution in [0.5, 0.6) is 5.75 Å². The van der Waals surface area contributed by atoms with E-state index in [9.17, 15) is 19.7 Å². The van der Waals surface area contributed by atoms with Crippen molar-refractivity contribution >= 4 is 45.7 Å². The fraction of sp³-hybridized carbons (Fsp3) is 0.222. The molecule has 0 radical (unpaired) electrons. The Bertz CT molecular complexity index is 1100. The van der Waals surface area contributed by atoms with E-state index in [1.165, 1.54) is 12.5 Å². The van der Waals surface area contributed by atoms with Crippen molar-refractivity contribution in [2.75, 3.05) is 13.7 Å². The number of fused-ring (bicyclic) bond motifs is 1. The molecule has 1 aromatic carbocycles. The first-order chi connectivity index (χ1) is 13.4. The van der Waals surface area contributed by atoms with Crippen molar-refractivity contribution in [1.82, 2.24) is 0 Å². The van der Waals surface area contributed by atoms with Gasteiger partial charge in [-0.3, -0.25) is 14.9 Å². The van der Waals surface area contributed by atoms with Crippen molar-refractivity contribution < 1.29 is 23.6 Å². The normalized spacial score (nSPS) is 10.8. The highest BCUT2D eigenvalue weighted by molar-refractivity contribution is 8.01. The lowest BCUT2D eigenvalue weighted by atomic mass is 10.2. The molecule has 0 aliphatic carbocycles. The topological polar surface area (TPSA) is 109 Å². The average Bonchev–Trinajstić information content (AvgIpc) is 3.04. The summed E-state index contributed by atoms with van der Waals surface area (Å²) >= 11 is 2.03. The van der Waals surface area contributed by atoms with Crippen LogP contribution in [-0.4, -0.2) is 24.6 Å². The van der Waals surface area contributed by atoms with Gasteiger partial charge in [0.2, 0.25) is 0 Å². The maximum absolute atomic E-state index is 12.3. The molecule has 0 amide bonds. The van der Waals surface area contributed by atoms with Crippen LogP contribution < -0.4 is 10.4 Å². The molecule has 0 spiro atoms. The molecule has 0 fully saturated rings. The van der Waals surface area contributed by atoms with E-state index in [4.69, 9.17) is 13.9 Å². The number of hydrogen-bond acceptors (Lipinski definition) is 9. The molecule has 28 heavy (non-hydrogen) atoms. The Morgan fingerprint density at radius 1 is 1.36 bits per heavy atom. The third-order valence-electron chi connectivity index (χ3n) is 3.74. The third kappa shape index (κ3) is 4.18. The highest BCUT2D eigenvalue weighted by Crippen LogP contribution is 2.42. The fourth-order valence-corrected chi connectivity index (χ4v) is 4.69. The van der Waals surface area contributed by atoms with E-state index >= 15 is 0 Å². The number of ether oxygens (including phenoxy) is 2. The lowest BCUT2D eigenvalue weighted by Crippen LogP contribution is -2.08. The minimum atomic E-state index is -0.600. The molecule has 2 aromatic heterocycles. The quantitative estimate of drug-likeness (QED) is 0.243. The van der Waals surface area contributed by atoms with Crippen molar-refractivity contribution in [3.05, 3.63) is 55.7 Å². The van der Waals surface area contributed by atoms with E-state index in [0.717, 1.165) is 23.1 Å². The van der Waals surface area contributed by atoms with Gasteiger partial charge in [0.1, 0.15) is 15.5 Å². The predicted molar refractivity (Wildman–Crippen MR) is 104 cm³/mol. The van der Waals surface area contributed by atoms with Crippen LogP contribution in [0.15, 0.2) is 48.0 Å². The number of nitro groups is 1. The SMILES string of the molecule is CCOC(=O)Cc1csc(Sc2cc3cc(OC)ccc3oc2=O)c1[N+](=O)[O-]. The first-order valence-electron chi connectivity index (χ1n) is 8.13. The zero-order valence-corrected chi connectivity index (χ0v) is 16.6. The molecule has 0 saturated heterocycles. The van der Waals surface area contributed by atoms with Crippen LogP contribution in [0.3, 0.4) is 0 Å². The second kappa shape index (κ2) is 8.44. The Morgan fingerprint density at radius 2 is 2.14 bits per heavy atom. The van der Waals surface area contributed by atoms with Crippen molar-refractivity contribution in [1.29, 1.82) is 0 Å². The average molecular weight is 421 g/mol. The summed E-state index contributed by atoms with van der Waals surface area (Å²) in [6, 6.07) is 6.60. The maximum atomic E-state index is 12.3. The van der Waals surface area contributed by atoms with Gasteiger partial charge in [0, 0.05) is 10.8 Å². The van der Waals surface area contributed by atoms with E-state index in [1.807, 2.05) is 0 Å². The number of rotatable bonds is 7. The lowest BCUT2D eigenvalue weighted by Gasteiger charge is -2.04. The van der Waals surface area contributed by atoms with E-state index in [0.29, 0.717) is 20.9 Å². The molecule has 8 nitrogen and oxygen atoms in total. The van der Waals surface area contributed by atoms with Crippen LogP contribution in [0.25, 0.3) is 11.0 Å². The second-order valence-electron chi connectivity index (χ2n) is 5.54. The summed E-state index contributed by atoms with van der Waals surface area (Å²) in [4.78, 5) is 35.2. The van der Waals surface area contributed by atoms with E-state index < -0.39 is 16.5 Å². The van der Waals surface area contributed by atoms with Gasteiger partial charge in [0.15, 0.2) is 0 Å². The van der Waals surface area contributed by atoms with Crippen LogP contribution in [0, 0.1) is 10.1 Å². The summed E-state index contributed by atoms with van der Waals surface area (Å²) in [7, 11) is 1.52. The maximum Gasteiger partial charge on any atom is 0.350 e. The Hall–Kier alpha value is -2.85. The molecule has 0 unspecified atom stereocenters. The summed E-state index contributed by atoms with van der Waals surface area (Å²) in [6.07, 6.45) is -0.204. The van der Waals surface area contributed by atoms with Crippen LogP contribution >= 0.6 is 23.1 Å². The van der Waals surface area contributed by atoms with Gasteiger partial charge in [-0.25, -0.2) is 4.79 Å². The highest BCUT2D eigenvalue weighted by atomic mass is 32.2. The molecule has 2 heterocycles. The van der Waals surface area contributed by atoms with Gasteiger partial charge in [0.05, 0.1) is 35.5 Å². The van der Waals surface area contributed by atoms with Gasteiger partial charge in [-0.05, 0) is 31.2 Å². The van der Waals surface area contributed by atoms with Crippen LogP contribution in [0.2, 0.25) is 0 Å². The summed E-state index contributed by atoms with van der Waals surface area (Å²) in [5, 5.41) is 13.7. The summed E-state index contributed by atoms with van der Waals surface area (Å²) in [5.41, 5.74) is -0.160. The van der Waals surface area contributed by atoms with Crippen molar-refractivity contribution in [3.8, 4) is 5.75 Å². The number of benzene rings is 1. The molecular weight excluding hydrogens is 406 g/mol. The van der Waals surface area contributed by atoms with Gasteiger partial charge in [-0.2, -0.15) is 0 Å². The Morgan fingerprint density at radius 3 is 2.82 bits per heavy atom. The second-order valence-corrected chi connectivity index (χ2v) is 7.73. The number of nitrogens with zero attached hydrogens (tertiary/aromatic N) is 1. The summed E-state index contributed by atoms with van der Waals surface area (Å²) in [6.45, 7) is 1.86. The monoisotopic (exact) mass is 421 g/mol. The smallest absolute Gasteiger partial charge is 0.350 e. The molecule has 0 atom stereocenters. The van der Waals surface area contributed by atoms with Gasteiger partial charge >= 0.3 is 11.6 Å². The molecular formula is C18H15NO7S2. The van der Waals surface area contributed by atoms with Gasteiger partial charge in [-0.15, -0.1) is 11.3 Å². The lowest BCUT2D eigenvalue weighted by molar-refractivity contribution is -0.387. The molecule has 0 N–H and O–H groups in total. The number of carbonyl (C=O) groups excluding carboxylic acids is 1. The highest BCUT2D eigenvalue weighted by Gasteiger charge is 2.26. The van der Waals surface area contributed by atoms with Crippen molar-refractivity contribution in [2.24, 2.45) is 0 Å². The summed E-state index contributed by atoms with van der Waals surface area (Å²) in [5.74, 6) is 0.0494. The van der Waals surface area contributed by atoms with Crippen LogP contribution in [0.4, 0.5) is 5.69 Å². The standard InChI is InChI=1S/C18H15NO7S2/c1-3-25-15(20)8-11-9-27-18(16(11)19(22)23)28-14-7-10-6-12(24-2)4-5-13(10)26-17(14)21/h4-7,9H,3,8H2,1-2H3. The molecule has 0 bridgehead atoms.